The van der Waals surface area contributed by atoms with Crippen LogP contribution in [0.25, 0.3) is 0 Å². The minimum Gasteiger partial charge on any atom is -0.152 e. The largest absolute Gasteiger partial charge is 0.152 e. The van der Waals surface area contributed by atoms with Crippen molar-refractivity contribution in [2.45, 2.75) is 31.6 Å². The van der Waals surface area contributed by atoms with E-state index in [1.165, 1.54) is 25.7 Å². The van der Waals surface area contributed by atoms with Gasteiger partial charge in [-0.2, -0.15) is 11.3 Å². The molecule has 0 radical (unpaired) electrons. The van der Waals surface area contributed by atoms with E-state index in [2.05, 4.69) is 16.8 Å². The Labute approximate surface area is 77.6 Å². The van der Waals surface area contributed by atoms with Gasteiger partial charge in [0.1, 0.15) is 0 Å². The van der Waals surface area contributed by atoms with Crippen LogP contribution in [0.5, 0.6) is 0 Å². The van der Waals surface area contributed by atoms with Gasteiger partial charge in [0.25, 0.3) is 0 Å². The Morgan fingerprint density at radius 3 is 2.83 bits per heavy atom. The van der Waals surface area contributed by atoms with Gasteiger partial charge in [0, 0.05) is 0 Å². The first-order valence-corrected chi connectivity index (χ1v) is 5.90. The lowest BCUT2D eigenvalue weighted by molar-refractivity contribution is 0.421. The molecule has 2 bridgehead atoms. The maximum atomic E-state index is 2.35. The van der Waals surface area contributed by atoms with Crippen molar-refractivity contribution in [2.75, 3.05) is 0 Å². The van der Waals surface area contributed by atoms with Crippen molar-refractivity contribution in [1.82, 2.24) is 0 Å². The summed E-state index contributed by atoms with van der Waals surface area (Å²) in [6.45, 7) is 0. The van der Waals surface area contributed by atoms with Crippen LogP contribution in [-0.4, -0.2) is 0 Å². The summed E-state index contributed by atoms with van der Waals surface area (Å²) >= 11 is 1.85. The minimum atomic E-state index is 0.940. The normalized spacial score (nSPS) is 39.2. The highest BCUT2D eigenvalue weighted by atomic mass is 32.1. The first-order chi connectivity index (χ1) is 5.93. The molecule has 64 valence electrons. The summed E-state index contributed by atoms with van der Waals surface area (Å²) < 4.78 is 0. The van der Waals surface area contributed by atoms with E-state index in [1.54, 1.807) is 5.56 Å². The zero-order chi connectivity index (χ0) is 7.97. The number of rotatable bonds is 1. The van der Waals surface area contributed by atoms with Gasteiger partial charge in [-0.15, -0.1) is 0 Å². The van der Waals surface area contributed by atoms with E-state index in [0.29, 0.717) is 0 Å². The average Bonchev–Trinajstić information content (AvgIpc) is 2.81. The molecule has 3 atom stereocenters. The first-order valence-electron chi connectivity index (χ1n) is 4.95. The van der Waals surface area contributed by atoms with Crippen LogP contribution >= 0.6 is 11.3 Å². The quantitative estimate of drug-likeness (QED) is 0.615. The summed E-state index contributed by atoms with van der Waals surface area (Å²) in [6.07, 6.45) is 6.04. The highest BCUT2D eigenvalue weighted by Gasteiger charge is 2.39. The molecule has 3 rings (SSSR count). The summed E-state index contributed by atoms with van der Waals surface area (Å²) in [5.41, 5.74) is 1.63. The molecular weight excluding hydrogens is 164 g/mol. The van der Waals surface area contributed by atoms with Crippen LogP contribution in [0.2, 0.25) is 0 Å². The number of thiophene rings is 1. The Balaban J connectivity index is 1.87. The van der Waals surface area contributed by atoms with E-state index >= 15 is 0 Å². The van der Waals surface area contributed by atoms with Gasteiger partial charge in [-0.25, -0.2) is 0 Å². The average molecular weight is 178 g/mol. The minimum absolute atomic E-state index is 0.940. The Morgan fingerprint density at radius 1 is 1.25 bits per heavy atom. The van der Waals surface area contributed by atoms with Crippen LogP contribution in [-0.2, 0) is 0 Å². The van der Waals surface area contributed by atoms with Crippen molar-refractivity contribution in [1.29, 1.82) is 0 Å². The van der Waals surface area contributed by atoms with Gasteiger partial charge in [0.05, 0.1) is 0 Å². The number of hydrogen-bond acceptors (Lipinski definition) is 1. The van der Waals surface area contributed by atoms with Crippen molar-refractivity contribution in [2.24, 2.45) is 11.8 Å². The van der Waals surface area contributed by atoms with E-state index < -0.39 is 0 Å². The maximum absolute atomic E-state index is 2.35. The van der Waals surface area contributed by atoms with Crippen LogP contribution < -0.4 is 0 Å². The molecule has 2 fully saturated rings. The van der Waals surface area contributed by atoms with Crippen molar-refractivity contribution in [3.8, 4) is 0 Å². The van der Waals surface area contributed by atoms with Gasteiger partial charge in [-0.1, -0.05) is 6.42 Å². The Bertz CT molecular complexity index is 263. The van der Waals surface area contributed by atoms with E-state index in [4.69, 9.17) is 0 Å². The predicted octanol–water partition coefficient (Wildman–Crippen LogP) is 3.65. The molecule has 1 heteroatoms. The molecule has 0 saturated heterocycles. The Morgan fingerprint density at radius 2 is 2.25 bits per heavy atom. The van der Waals surface area contributed by atoms with E-state index in [-0.39, 0.29) is 0 Å². The fourth-order valence-corrected chi connectivity index (χ4v) is 3.86. The topological polar surface area (TPSA) is 0 Å². The zero-order valence-corrected chi connectivity index (χ0v) is 8.02. The lowest BCUT2D eigenvalue weighted by Gasteiger charge is -2.20. The van der Waals surface area contributed by atoms with Crippen LogP contribution in [0.3, 0.4) is 0 Å². The fraction of sp³-hybridized carbons (Fsp3) is 0.636. The van der Waals surface area contributed by atoms with Gasteiger partial charge in [0.15, 0.2) is 0 Å². The molecule has 1 aromatic heterocycles. The van der Waals surface area contributed by atoms with Crippen molar-refractivity contribution in [3.63, 3.8) is 0 Å². The second-order valence-electron chi connectivity index (χ2n) is 4.34. The lowest BCUT2D eigenvalue weighted by atomic mass is 9.85. The molecule has 2 aliphatic carbocycles. The maximum Gasteiger partial charge on any atom is -0.00583 e. The van der Waals surface area contributed by atoms with Gasteiger partial charge in [-0.3, -0.25) is 0 Å². The highest BCUT2D eigenvalue weighted by molar-refractivity contribution is 7.07. The molecule has 2 saturated carbocycles. The SMILES string of the molecule is c1cc(C2CC3CCC2C3)cs1. The molecule has 0 nitrogen and oxygen atoms in total. The summed E-state index contributed by atoms with van der Waals surface area (Å²) in [4.78, 5) is 0. The lowest BCUT2D eigenvalue weighted by Crippen LogP contribution is -2.06. The molecule has 0 spiro atoms. The molecule has 12 heavy (non-hydrogen) atoms. The third kappa shape index (κ3) is 0.957. The standard InChI is InChI=1S/C11H14S/c1-2-9-5-8(1)6-11(9)10-3-4-12-7-10/h3-4,7-9,11H,1-2,5-6H2. The van der Waals surface area contributed by atoms with E-state index in [0.717, 1.165) is 17.8 Å². The van der Waals surface area contributed by atoms with Gasteiger partial charge in [0.2, 0.25) is 0 Å². The molecule has 1 aromatic rings. The summed E-state index contributed by atoms with van der Waals surface area (Å²) in [5, 5.41) is 4.58. The third-order valence-electron chi connectivity index (χ3n) is 3.71. The molecule has 0 aromatic carbocycles. The monoisotopic (exact) mass is 178 g/mol. The van der Waals surface area contributed by atoms with E-state index in [1.807, 2.05) is 11.3 Å². The van der Waals surface area contributed by atoms with Crippen LogP contribution in [0.4, 0.5) is 0 Å². The molecule has 3 unspecified atom stereocenters. The third-order valence-corrected chi connectivity index (χ3v) is 4.41. The van der Waals surface area contributed by atoms with Crippen molar-refractivity contribution < 1.29 is 0 Å². The fourth-order valence-electron chi connectivity index (χ4n) is 3.14. The van der Waals surface area contributed by atoms with E-state index in [9.17, 15) is 0 Å². The number of hydrogen-bond donors (Lipinski definition) is 0. The van der Waals surface area contributed by atoms with Crippen LogP contribution in [0.15, 0.2) is 16.8 Å². The zero-order valence-electron chi connectivity index (χ0n) is 7.20. The molecule has 0 N–H and O–H groups in total. The number of fused-ring (bicyclic) bond motifs is 2. The Hall–Kier alpha value is -0.300. The predicted molar refractivity (Wildman–Crippen MR) is 52.5 cm³/mol. The second-order valence-corrected chi connectivity index (χ2v) is 5.12. The summed E-state index contributed by atoms with van der Waals surface area (Å²) in [5.74, 6) is 3.07. The second kappa shape index (κ2) is 2.59. The summed E-state index contributed by atoms with van der Waals surface area (Å²) in [6, 6.07) is 2.33. The van der Waals surface area contributed by atoms with Gasteiger partial charge < -0.3 is 0 Å². The van der Waals surface area contributed by atoms with Gasteiger partial charge >= 0.3 is 0 Å². The Kier molecular flexibility index (Phi) is 1.54. The molecule has 0 aliphatic heterocycles. The molecule has 2 aliphatic rings. The molecule has 1 heterocycles. The summed E-state index contributed by atoms with van der Waals surface area (Å²) in [7, 11) is 0. The smallest absolute Gasteiger partial charge is 0.00583 e. The van der Waals surface area contributed by atoms with Crippen molar-refractivity contribution >= 4 is 11.3 Å². The molecular formula is C11H14S. The van der Waals surface area contributed by atoms with Crippen molar-refractivity contribution in [3.05, 3.63) is 22.4 Å². The first kappa shape index (κ1) is 7.14. The molecule has 0 amide bonds. The van der Waals surface area contributed by atoms with Crippen LogP contribution in [0.1, 0.15) is 37.2 Å². The van der Waals surface area contributed by atoms with Gasteiger partial charge in [-0.05, 0) is 59.4 Å². The highest BCUT2D eigenvalue weighted by Crippen LogP contribution is 2.52. The van der Waals surface area contributed by atoms with Crippen LogP contribution in [0, 0.1) is 11.8 Å².